The molecule has 1 aliphatic heterocycles. The lowest BCUT2D eigenvalue weighted by Gasteiger charge is -2.35. The fourth-order valence-corrected chi connectivity index (χ4v) is 2.81. The third-order valence-electron chi connectivity index (χ3n) is 3.86. The number of nitrogens with one attached hydrogen (secondary N) is 1. The van der Waals surface area contributed by atoms with E-state index in [1.54, 1.807) is 0 Å². The van der Waals surface area contributed by atoms with Crippen molar-refractivity contribution in [1.82, 2.24) is 10.3 Å². The van der Waals surface area contributed by atoms with E-state index in [2.05, 4.69) is 30.2 Å². The molecule has 4 nitrogen and oxygen atoms in total. The van der Waals surface area contributed by atoms with Gasteiger partial charge in [0.2, 0.25) is 0 Å². The maximum Gasteiger partial charge on any atom is 0.128 e. The van der Waals surface area contributed by atoms with Gasteiger partial charge >= 0.3 is 0 Å². The molecular weight excluding hydrogens is 238 g/mol. The Bertz CT molecular complexity index is 427. The molecule has 0 aromatic carbocycles. The molecule has 1 saturated heterocycles. The Kier molecular flexibility index (Phi) is 4.42. The molecule has 0 spiro atoms. The summed E-state index contributed by atoms with van der Waals surface area (Å²) in [6.45, 7) is 8.18. The lowest BCUT2D eigenvalue weighted by molar-refractivity contribution is -0.0123. The fraction of sp³-hybridized carbons (Fsp3) is 0.667. The van der Waals surface area contributed by atoms with Crippen molar-refractivity contribution in [2.45, 2.75) is 51.7 Å². The summed E-state index contributed by atoms with van der Waals surface area (Å²) in [5, 5.41) is 3.59. The van der Waals surface area contributed by atoms with E-state index in [1.807, 2.05) is 13.1 Å². The Morgan fingerprint density at radius 3 is 3.00 bits per heavy atom. The number of rotatable bonds is 5. The maximum absolute atomic E-state index is 6.08. The first kappa shape index (κ1) is 14.3. The number of nitrogens with zero attached hydrogens (tertiary/aromatic N) is 1. The fourth-order valence-electron chi connectivity index (χ4n) is 2.81. The summed E-state index contributed by atoms with van der Waals surface area (Å²) in [7, 11) is 0. The minimum absolute atomic E-state index is 0.113. The van der Waals surface area contributed by atoms with Crippen molar-refractivity contribution in [2.24, 2.45) is 0 Å². The van der Waals surface area contributed by atoms with E-state index < -0.39 is 0 Å². The van der Waals surface area contributed by atoms with Crippen molar-refractivity contribution in [3.8, 4) is 0 Å². The van der Waals surface area contributed by atoms with Crippen LogP contribution in [0.1, 0.15) is 50.3 Å². The van der Waals surface area contributed by atoms with Crippen LogP contribution in [0.15, 0.2) is 12.3 Å². The number of pyridine rings is 1. The zero-order valence-corrected chi connectivity index (χ0v) is 12.2. The highest BCUT2D eigenvalue weighted by Crippen LogP contribution is 2.39. The van der Waals surface area contributed by atoms with Crippen LogP contribution in [0.25, 0.3) is 0 Å². The Morgan fingerprint density at radius 1 is 1.58 bits per heavy atom. The average molecular weight is 263 g/mol. The molecule has 0 saturated carbocycles. The number of hydrogen-bond donors (Lipinski definition) is 2. The summed E-state index contributed by atoms with van der Waals surface area (Å²) in [5.74, 6) is 0.607. The maximum atomic E-state index is 6.08. The number of ether oxygens (including phenoxy) is 1. The van der Waals surface area contributed by atoms with Crippen LogP contribution in [0.2, 0.25) is 0 Å². The molecule has 19 heavy (non-hydrogen) atoms. The third kappa shape index (κ3) is 3.07. The molecule has 0 radical (unpaired) electrons. The Labute approximate surface area is 115 Å². The monoisotopic (exact) mass is 263 g/mol. The lowest BCUT2D eigenvalue weighted by atomic mass is 9.87. The van der Waals surface area contributed by atoms with Gasteiger partial charge in [-0.1, -0.05) is 6.92 Å². The van der Waals surface area contributed by atoms with Crippen molar-refractivity contribution >= 4 is 5.82 Å². The van der Waals surface area contributed by atoms with Crippen LogP contribution in [0, 0.1) is 6.92 Å². The molecule has 0 aliphatic carbocycles. The molecule has 0 amide bonds. The van der Waals surface area contributed by atoms with E-state index in [1.165, 1.54) is 0 Å². The first-order valence-electron chi connectivity index (χ1n) is 7.16. The van der Waals surface area contributed by atoms with Gasteiger partial charge in [-0.25, -0.2) is 4.98 Å². The smallest absolute Gasteiger partial charge is 0.128 e. The molecule has 4 heteroatoms. The Morgan fingerprint density at radius 2 is 2.37 bits per heavy atom. The number of hydrogen-bond acceptors (Lipinski definition) is 4. The second kappa shape index (κ2) is 5.88. The molecule has 2 unspecified atom stereocenters. The van der Waals surface area contributed by atoms with E-state index >= 15 is 0 Å². The zero-order valence-electron chi connectivity index (χ0n) is 12.2. The molecule has 1 fully saturated rings. The second-order valence-electron chi connectivity index (χ2n) is 5.64. The lowest BCUT2D eigenvalue weighted by Crippen LogP contribution is -2.42. The van der Waals surface area contributed by atoms with Gasteiger partial charge in [0.1, 0.15) is 5.82 Å². The number of nitrogen functional groups attached to an aromatic ring is 1. The summed E-state index contributed by atoms with van der Waals surface area (Å²) in [6, 6.07) is 2.24. The number of anilines is 1. The Balaban J connectivity index is 2.33. The first-order valence-corrected chi connectivity index (χ1v) is 7.16. The number of aryl methyl sites for hydroxylation is 1. The predicted octanol–water partition coefficient (Wildman–Crippen LogP) is 2.58. The van der Waals surface area contributed by atoms with Crippen molar-refractivity contribution < 1.29 is 4.74 Å². The van der Waals surface area contributed by atoms with E-state index in [0.29, 0.717) is 5.82 Å². The van der Waals surface area contributed by atoms with Gasteiger partial charge in [-0.05, 0) is 51.3 Å². The van der Waals surface area contributed by atoms with Gasteiger partial charge in [-0.2, -0.15) is 0 Å². The highest BCUT2D eigenvalue weighted by molar-refractivity contribution is 5.44. The zero-order chi connectivity index (χ0) is 13.9. The van der Waals surface area contributed by atoms with Gasteiger partial charge in [-0.3, -0.25) is 0 Å². The first-order chi connectivity index (χ1) is 9.07. The van der Waals surface area contributed by atoms with Crippen molar-refractivity contribution in [3.63, 3.8) is 0 Å². The molecular formula is C15H25N3O. The normalized spacial score (nSPS) is 24.6. The standard InChI is InChI=1S/C15H25N3O/c1-4-7-17-13(15(3)6-5-8-19-15)12-9-11(2)10-18-14(12)16/h9-10,13,17H,4-8H2,1-3H3,(H2,16,18). The van der Waals surface area contributed by atoms with Crippen LogP contribution in [0.5, 0.6) is 0 Å². The molecule has 0 bridgehead atoms. The van der Waals surface area contributed by atoms with E-state index in [0.717, 1.165) is 43.5 Å². The van der Waals surface area contributed by atoms with Crippen LogP contribution >= 0.6 is 0 Å². The Hall–Kier alpha value is -1.13. The largest absolute Gasteiger partial charge is 0.383 e. The summed E-state index contributed by atoms with van der Waals surface area (Å²) < 4.78 is 6.00. The molecule has 106 valence electrons. The van der Waals surface area contributed by atoms with Gasteiger partial charge in [-0.15, -0.1) is 0 Å². The van der Waals surface area contributed by atoms with Crippen LogP contribution in [-0.2, 0) is 4.74 Å². The second-order valence-corrected chi connectivity index (χ2v) is 5.64. The summed E-state index contributed by atoms with van der Waals surface area (Å²) in [5.41, 5.74) is 8.10. The molecule has 2 heterocycles. The van der Waals surface area contributed by atoms with E-state index in [-0.39, 0.29) is 11.6 Å². The topological polar surface area (TPSA) is 60.2 Å². The van der Waals surface area contributed by atoms with Crippen LogP contribution in [-0.4, -0.2) is 23.7 Å². The highest BCUT2D eigenvalue weighted by atomic mass is 16.5. The van der Waals surface area contributed by atoms with Crippen molar-refractivity contribution in [2.75, 3.05) is 18.9 Å². The van der Waals surface area contributed by atoms with Gasteiger partial charge in [0.05, 0.1) is 11.6 Å². The van der Waals surface area contributed by atoms with E-state index in [4.69, 9.17) is 10.5 Å². The third-order valence-corrected chi connectivity index (χ3v) is 3.86. The van der Waals surface area contributed by atoms with Crippen LogP contribution in [0.3, 0.4) is 0 Å². The molecule has 2 atom stereocenters. The molecule has 1 aromatic heterocycles. The van der Waals surface area contributed by atoms with Crippen molar-refractivity contribution in [1.29, 1.82) is 0 Å². The molecule has 1 aliphatic rings. The SMILES string of the molecule is CCCNC(c1cc(C)cnc1N)C1(C)CCCO1. The summed E-state index contributed by atoms with van der Waals surface area (Å²) in [4.78, 5) is 4.29. The van der Waals surface area contributed by atoms with Crippen LogP contribution in [0.4, 0.5) is 5.82 Å². The molecule has 2 rings (SSSR count). The predicted molar refractivity (Wildman–Crippen MR) is 78.0 cm³/mol. The van der Waals surface area contributed by atoms with E-state index in [9.17, 15) is 0 Å². The van der Waals surface area contributed by atoms with Gasteiger partial charge < -0.3 is 15.8 Å². The quantitative estimate of drug-likeness (QED) is 0.857. The van der Waals surface area contributed by atoms with Gasteiger partial charge in [0.15, 0.2) is 0 Å². The number of aromatic nitrogens is 1. The van der Waals surface area contributed by atoms with Crippen molar-refractivity contribution in [3.05, 3.63) is 23.4 Å². The van der Waals surface area contributed by atoms with Gasteiger partial charge in [0.25, 0.3) is 0 Å². The summed E-state index contributed by atoms with van der Waals surface area (Å²) in [6.07, 6.45) is 5.07. The molecule has 1 aromatic rings. The minimum Gasteiger partial charge on any atom is -0.383 e. The summed E-state index contributed by atoms with van der Waals surface area (Å²) >= 11 is 0. The molecule has 3 N–H and O–H groups in total. The number of nitrogens with two attached hydrogens (primary N) is 1. The van der Waals surface area contributed by atoms with Crippen LogP contribution < -0.4 is 11.1 Å². The minimum atomic E-state index is -0.182. The van der Waals surface area contributed by atoms with Gasteiger partial charge in [0, 0.05) is 18.4 Å². The average Bonchev–Trinajstić information content (AvgIpc) is 2.82. The highest BCUT2D eigenvalue weighted by Gasteiger charge is 2.40.